The summed E-state index contributed by atoms with van der Waals surface area (Å²) in [5.41, 5.74) is 0.617. The molecule has 0 N–H and O–H groups in total. The van der Waals surface area contributed by atoms with Crippen molar-refractivity contribution in [2.24, 2.45) is 0 Å². The number of ether oxygens (including phenoxy) is 3. The van der Waals surface area contributed by atoms with E-state index in [9.17, 15) is 4.79 Å². The van der Waals surface area contributed by atoms with E-state index < -0.39 is 0 Å². The number of hydrogen-bond acceptors (Lipinski definition) is 5. The maximum absolute atomic E-state index is 13.4. The molecule has 0 bridgehead atoms. The van der Waals surface area contributed by atoms with Crippen LogP contribution in [0, 0.1) is 0 Å². The second-order valence-electron chi connectivity index (χ2n) is 7.76. The summed E-state index contributed by atoms with van der Waals surface area (Å²) in [6, 6.07) is 3.92. The molecule has 1 amide bonds. The minimum Gasteiger partial charge on any atom is -0.490 e. The van der Waals surface area contributed by atoms with Gasteiger partial charge in [-0.3, -0.25) is 4.79 Å². The summed E-state index contributed by atoms with van der Waals surface area (Å²) in [7, 11) is 0. The Balaban J connectivity index is 1.82. The minimum atomic E-state index is 0.0643. The van der Waals surface area contributed by atoms with Gasteiger partial charge in [0.25, 0.3) is 5.91 Å². The Morgan fingerprint density at radius 2 is 1.52 bits per heavy atom. The highest BCUT2D eigenvalue weighted by molar-refractivity contribution is 5.96. The molecule has 0 aliphatic carbocycles. The van der Waals surface area contributed by atoms with E-state index in [0.29, 0.717) is 48.7 Å². The van der Waals surface area contributed by atoms with Crippen LogP contribution in [-0.2, 0) is 0 Å². The summed E-state index contributed by atoms with van der Waals surface area (Å²) in [6.45, 7) is 11.4. The van der Waals surface area contributed by atoms with Crippen LogP contribution in [0.1, 0.15) is 63.2 Å². The maximum atomic E-state index is 13.4. The van der Waals surface area contributed by atoms with E-state index in [-0.39, 0.29) is 5.91 Å². The summed E-state index contributed by atoms with van der Waals surface area (Å²) < 4.78 is 17.4. The van der Waals surface area contributed by atoms with Crippen molar-refractivity contribution in [1.82, 2.24) is 9.80 Å². The first-order valence-electron chi connectivity index (χ1n) is 11.3. The first-order valence-corrected chi connectivity index (χ1v) is 11.3. The number of carbonyl (C=O) groups is 1. The van der Waals surface area contributed by atoms with Crippen LogP contribution >= 0.6 is 0 Å². The van der Waals surface area contributed by atoms with Gasteiger partial charge in [0.15, 0.2) is 11.5 Å². The lowest BCUT2D eigenvalue weighted by Gasteiger charge is -2.33. The third-order valence-electron chi connectivity index (χ3n) is 5.71. The SMILES string of the molecule is CCOc1cc(C(=O)N2CCCC2CN2CCCCC2)cc(OCC)c1OCC. The molecule has 1 unspecified atom stereocenters. The minimum absolute atomic E-state index is 0.0643. The Morgan fingerprint density at radius 3 is 2.10 bits per heavy atom. The second kappa shape index (κ2) is 10.7. The number of amides is 1. The van der Waals surface area contributed by atoms with Gasteiger partial charge >= 0.3 is 0 Å². The van der Waals surface area contributed by atoms with Crippen LogP contribution in [0.25, 0.3) is 0 Å². The van der Waals surface area contributed by atoms with Crippen molar-refractivity contribution in [1.29, 1.82) is 0 Å². The second-order valence-corrected chi connectivity index (χ2v) is 7.76. The predicted octanol–water partition coefficient (Wildman–Crippen LogP) is 3.97. The quantitative estimate of drug-likeness (QED) is 0.623. The van der Waals surface area contributed by atoms with Crippen molar-refractivity contribution in [2.45, 2.75) is 58.9 Å². The first-order chi connectivity index (χ1) is 14.2. The number of hydrogen-bond donors (Lipinski definition) is 0. The highest BCUT2D eigenvalue weighted by Crippen LogP contribution is 2.40. The highest BCUT2D eigenvalue weighted by atomic mass is 16.5. The van der Waals surface area contributed by atoms with Crippen LogP contribution in [0.2, 0.25) is 0 Å². The van der Waals surface area contributed by atoms with Gasteiger partial charge < -0.3 is 24.0 Å². The summed E-state index contributed by atoms with van der Waals surface area (Å²) in [5.74, 6) is 1.80. The van der Waals surface area contributed by atoms with E-state index in [2.05, 4.69) is 9.80 Å². The summed E-state index contributed by atoms with van der Waals surface area (Å²) in [4.78, 5) is 18.0. The predicted molar refractivity (Wildman–Crippen MR) is 114 cm³/mol. The van der Waals surface area contributed by atoms with E-state index in [0.717, 1.165) is 39.0 Å². The average molecular weight is 405 g/mol. The van der Waals surface area contributed by atoms with Crippen LogP contribution in [0.4, 0.5) is 0 Å². The zero-order valence-corrected chi connectivity index (χ0v) is 18.2. The van der Waals surface area contributed by atoms with E-state index in [1.54, 1.807) is 0 Å². The van der Waals surface area contributed by atoms with E-state index in [1.807, 2.05) is 32.9 Å². The maximum Gasteiger partial charge on any atom is 0.254 e. The fourth-order valence-corrected chi connectivity index (χ4v) is 4.41. The lowest BCUT2D eigenvalue weighted by molar-refractivity contribution is 0.0689. The fourth-order valence-electron chi connectivity index (χ4n) is 4.41. The zero-order chi connectivity index (χ0) is 20.6. The molecule has 2 saturated heterocycles. The molecule has 1 atom stereocenters. The molecule has 2 aliphatic rings. The molecule has 162 valence electrons. The number of benzene rings is 1. The molecule has 2 fully saturated rings. The molecule has 0 saturated carbocycles. The van der Waals surface area contributed by atoms with Crippen molar-refractivity contribution in [3.63, 3.8) is 0 Å². The fraction of sp³-hybridized carbons (Fsp3) is 0.696. The molecule has 29 heavy (non-hydrogen) atoms. The van der Waals surface area contributed by atoms with Gasteiger partial charge in [-0.15, -0.1) is 0 Å². The van der Waals surface area contributed by atoms with Crippen molar-refractivity contribution in [3.05, 3.63) is 17.7 Å². The van der Waals surface area contributed by atoms with Gasteiger partial charge in [0.2, 0.25) is 5.75 Å². The summed E-state index contributed by atoms with van der Waals surface area (Å²) in [5, 5.41) is 0. The van der Waals surface area contributed by atoms with E-state index in [1.165, 1.54) is 19.3 Å². The molecule has 3 rings (SSSR count). The lowest BCUT2D eigenvalue weighted by Crippen LogP contribution is -2.44. The third-order valence-corrected chi connectivity index (χ3v) is 5.71. The molecule has 0 aromatic heterocycles. The molecule has 0 radical (unpaired) electrons. The first kappa shape index (κ1) is 21.8. The Morgan fingerprint density at radius 1 is 0.897 bits per heavy atom. The number of nitrogens with zero attached hydrogens (tertiary/aromatic N) is 2. The monoisotopic (exact) mass is 404 g/mol. The van der Waals surface area contributed by atoms with E-state index in [4.69, 9.17) is 14.2 Å². The molecular formula is C23H36N2O4. The van der Waals surface area contributed by atoms with Crippen molar-refractivity contribution < 1.29 is 19.0 Å². The van der Waals surface area contributed by atoms with Crippen molar-refractivity contribution in [3.8, 4) is 17.2 Å². The largest absolute Gasteiger partial charge is 0.490 e. The van der Waals surface area contributed by atoms with Gasteiger partial charge in [0.1, 0.15) is 0 Å². The average Bonchev–Trinajstić information content (AvgIpc) is 3.19. The number of piperidine rings is 1. The van der Waals surface area contributed by atoms with Crippen LogP contribution in [0.15, 0.2) is 12.1 Å². The topological polar surface area (TPSA) is 51.2 Å². The van der Waals surface area contributed by atoms with Crippen LogP contribution < -0.4 is 14.2 Å². The third kappa shape index (κ3) is 5.35. The molecule has 6 heteroatoms. The van der Waals surface area contributed by atoms with Gasteiger partial charge in [-0.2, -0.15) is 0 Å². The molecule has 0 spiro atoms. The zero-order valence-electron chi connectivity index (χ0n) is 18.2. The number of rotatable bonds is 9. The summed E-state index contributed by atoms with van der Waals surface area (Å²) >= 11 is 0. The molecule has 2 aliphatic heterocycles. The molecule has 1 aromatic carbocycles. The Kier molecular flexibility index (Phi) is 8.04. The van der Waals surface area contributed by atoms with Crippen LogP contribution in [0.5, 0.6) is 17.2 Å². The van der Waals surface area contributed by atoms with E-state index >= 15 is 0 Å². The molecule has 6 nitrogen and oxygen atoms in total. The lowest BCUT2D eigenvalue weighted by atomic mass is 10.1. The van der Waals surface area contributed by atoms with Gasteiger partial charge in [0, 0.05) is 24.7 Å². The normalized spacial score (nSPS) is 20.0. The van der Waals surface area contributed by atoms with Gasteiger partial charge in [0.05, 0.1) is 19.8 Å². The standard InChI is InChI=1S/C23H36N2O4/c1-4-27-20-15-18(16-21(28-5-2)22(20)29-6-3)23(26)25-14-10-11-19(25)17-24-12-8-7-9-13-24/h15-16,19H,4-14,17H2,1-3H3. The van der Waals surface area contributed by atoms with Gasteiger partial charge in [-0.05, 0) is 71.7 Å². The Bertz CT molecular complexity index is 646. The van der Waals surface area contributed by atoms with Gasteiger partial charge in [-0.25, -0.2) is 0 Å². The Labute approximate surface area is 175 Å². The number of carbonyl (C=O) groups excluding carboxylic acids is 1. The summed E-state index contributed by atoms with van der Waals surface area (Å²) in [6.07, 6.45) is 6.02. The molecule has 2 heterocycles. The Hall–Kier alpha value is -1.95. The highest BCUT2D eigenvalue weighted by Gasteiger charge is 2.32. The number of likely N-dealkylation sites (tertiary alicyclic amines) is 2. The van der Waals surface area contributed by atoms with Gasteiger partial charge in [-0.1, -0.05) is 6.42 Å². The smallest absolute Gasteiger partial charge is 0.254 e. The van der Waals surface area contributed by atoms with Crippen molar-refractivity contribution >= 4 is 5.91 Å². The van der Waals surface area contributed by atoms with Crippen molar-refractivity contribution in [2.75, 3.05) is 46.0 Å². The molecule has 1 aromatic rings. The van der Waals surface area contributed by atoms with Crippen LogP contribution in [0.3, 0.4) is 0 Å². The molecular weight excluding hydrogens is 368 g/mol. The van der Waals surface area contributed by atoms with Crippen LogP contribution in [-0.4, -0.2) is 67.7 Å².